The van der Waals surface area contributed by atoms with Gasteiger partial charge in [-0.3, -0.25) is 9.59 Å². The predicted molar refractivity (Wildman–Crippen MR) is 124 cm³/mol. The van der Waals surface area contributed by atoms with Gasteiger partial charge in [0.15, 0.2) is 11.5 Å². The summed E-state index contributed by atoms with van der Waals surface area (Å²) in [5.41, 5.74) is 5.84. The minimum absolute atomic E-state index is 0.0209. The van der Waals surface area contributed by atoms with Crippen LogP contribution in [0.3, 0.4) is 0 Å². The van der Waals surface area contributed by atoms with E-state index in [0.717, 1.165) is 0 Å². The molecule has 0 saturated heterocycles. The average molecular weight is 498 g/mol. The molecular weight excluding hydrogens is 462 g/mol. The quantitative estimate of drug-likeness (QED) is 0.256. The normalized spacial score (nSPS) is 12.7. The Hall–Kier alpha value is -3.34. The van der Waals surface area contributed by atoms with E-state index in [2.05, 4.69) is 0 Å². The fraction of sp³-hybridized carbons (Fsp3) is 0.583. The molecule has 0 aliphatic rings. The van der Waals surface area contributed by atoms with Gasteiger partial charge in [0.1, 0.15) is 18.8 Å². The molecule has 196 valence electrons. The molecule has 0 amide bonds. The third kappa shape index (κ3) is 10.2. The topological polar surface area (TPSA) is 150 Å². The van der Waals surface area contributed by atoms with Crippen LogP contribution in [0, 0.1) is 5.41 Å². The number of ether oxygens (including phenoxy) is 6. The first-order chi connectivity index (χ1) is 16.4. The van der Waals surface area contributed by atoms with E-state index in [1.807, 2.05) is 6.92 Å². The summed E-state index contributed by atoms with van der Waals surface area (Å²) in [5.74, 6) is -1.29. The Bertz CT molecular complexity index is 883. The number of carbonyl (C=O) groups is 4. The van der Waals surface area contributed by atoms with E-state index in [4.69, 9.17) is 34.2 Å². The van der Waals surface area contributed by atoms with Crippen molar-refractivity contribution in [2.75, 3.05) is 19.8 Å². The molecule has 0 spiro atoms. The van der Waals surface area contributed by atoms with Crippen LogP contribution in [0.4, 0.5) is 9.59 Å². The van der Waals surface area contributed by atoms with Gasteiger partial charge in [0, 0.05) is 0 Å². The van der Waals surface area contributed by atoms with Gasteiger partial charge in [-0.15, -0.1) is 0 Å². The lowest BCUT2D eigenvalue weighted by Gasteiger charge is -2.22. The molecule has 1 aromatic carbocycles. The average Bonchev–Trinajstić information content (AvgIpc) is 2.79. The van der Waals surface area contributed by atoms with E-state index in [0.29, 0.717) is 12.0 Å². The second kappa shape index (κ2) is 14.1. The minimum atomic E-state index is -1.06. The molecule has 0 aliphatic heterocycles. The number of rotatable bonds is 12. The van der Waals surface area contributed by atoms with Gasteiger partial charge >= 0.3 is 24.2 Å². The van der Waals surface area contributed by atoms with E-state index >= 15 is 0 Å². The molecule has 0 aromatic heterocycles. The predicted octanol–water partition coefficient (Wildman–Crippen LogP) is 3.54. The van der Waals surface area contributed by atoms with Gasteiger partial charge in [0.05, 0.1) is 18.6 Å². The van der Waals surface area contributed by atoms with Gasteiger partial charge in [0.25, 0.3) is 0 Å². The van der Waals surface area contributed by atoms with Crippen LogP contribution in [-0.4, -0.2) is 56.2 Å². The van der Waals surface area contributed by atoms with Crippen LogP contribution >= 0.6 is 0 Å². The Morgan fingerprint density at radius 1 is 0.914 bits per heavy atom. The van der Waals surface area contributed by atoms with Crippen molar-refractivity contribution >= 4 is 24.2 Å². The molecule has 0 heterocycles. The van der Waals surface area contributed by atoms with Crippen molar-refractivity contribution in [1.82, 2.24) is 0 Å². The molecule has 2 atom stereocenters. The highest BCUT2D eigenvalue weighted by atomic mass is 16.7. The fourth-order valence-electron chi connectivity index (χ4n) is 2.51. The van der Waals surface area contributed by atoms with Crippen LogP contribution in [0.2, 0.25) is 0 Å². The Morgan fingerprint density at radius 2 is 1.49 bits per heavy atom. The van der Waals surface area contributed by atoms with Crippen LogP contribution in [0.25, 0.3) is 0 Å². The molecule has 0 fully saturated rings. The van der Waals surface area contributed by atoms with Crippen LogP contribution in [0.5, 0.6) is 11.5 Å². The van der Waals surface area contributed by atoms with Gasteiger partial charge < -0.3 is 34.2 Å². The number of esters is 2. The zero-order valence-electron chi connectivity index (χ0n) is 21.1. The van der Waals surface area contributed by atoms with Crippen molar-refractivity contribution in [2.45, 2.75) is 66.5 Å². The van der Waals surface area contributed by atoms with Gasteiger partial charge in [-0.05, 0) is 65.2 Å². The van der Waals surface area contributed by atoms with E-state index < -0.39 is 35.8 Å². The zero-order chi connectivity index (χ0) is 26.6. The summed E-state index contributed by atoms with van der Waals surface area (Å²) < 4.78 is 30.1. The summed E-state index contributed by atoms with van der Waals surface area (Å²) >= 11 is 0. The molecular formula is C24H35NO10. The van der Waals surface area contributed by atoms with E-state index in [-0.39, 0.29) is 43.7 Å². The number of hydrogen-bond acceptors (Lipinski definition) is 11. The van der Waals surface area contributed by atoms with Crippen molar-refractivity contribution in [2.24, 2.45) is 11.1 Å². The first kappa shape index (κ1) is 29.7. The highest BCUT2D eigenvalue weighted by Gasteiger charge is 2.28. The van der Waals surface area contributed by atoms with Gasteiger partial charge in [-0.25, -0.2) is 9.59 Å². The fourth-order valence-corrected chi connectivity index (χ4v) is 2.51. The smallest absolute Gasteiger partial charge is 0.461 e. The number of nitrogens with two attached hydrogens (primary N) is 1. The molecule has 0 saturated carbocycles. The largest absolute Gasteiger partial charge is 0.513 e. The lowest BCUT2D eigenvalue weighted by atomic mass is 9.91. The van der Waals surface area contributed by atoms with Gasteiger partial charge in [0.2, 0.25) is 0 Å². The van der Waals surface area contributed by atoms with Crippen LogP contribution in [0.1, 0.15) is 53.5 Å². The summed E-state index contributed by atoms with van der Waals surface area (Å²) in [7, 11) is 0. The molecule has 1 rings (SSSR count). The molecule has 0 aliphatic carbocycles. The second-order valence-electron chi connectivity index (χ2n) is 8.25. The van der Waals surface area contributed by atoms with Crippen molar-refractivity contribution in [3.8, 4) is 11.5 Å². The third-order valence-electron chi connectivity index (χ3n) is 4.88. The number of carbonyl (C=O) groups excluding carboxylic acids is 4. The summed E-state index contributed by atoms with van der Waals surface area (Å²) in [4.78, 5) is 47.9. The SMILES string of the molecule is CCOC(=O)Oc1ccc(C[C@H](N)C(=O)O[C@@H](C)COC(=O)C(C)(C)CC)cc1OC(=O)OCC. The number of benzene rings is 1. The van der Waals surface area contributed by atoms with Gasteiger partial charge in [-0.2, -0.15) is 0 Å². The highest BCUT2D eigenvalue weighted by Crippen LogP contribution is 2.30. The third-order valence-corrected chi connectivity index (χ3v) is 4.88. The maximum Gasteiger partial charge on any atom is 0.513 e. The van der Waals surface area contributed by atoms with E-state index in [1.54, 1.807) is 34.6 Å². The molecule has 0 radical (unpaired) electrons. The zero-order valence-corrected chi connectivity index (χ0v) is 21.1. The van der Waals surface area contributed by atoms with Crippen molar-refractivity contribution in [3.63, 3.8) is 0 Å². The molecule has 1 aromatic rings. The number of hydrogen-bond donors (Lipinski definition) is 1. The first-order valence-corrected chi connectivity index (χ1v) is 11.4. The maximum absolute atomic E-state index is 12.4. The Balaban J connectivity index is 2.82. The Labute approximate surface area is 205 Å². The maximum atomic E-state index is 12.4. The molecule has 0 bridgehead atoms. The van der Waals surface area contributed by atoms with Crippen LogP contribution in [0.15, 0.2) is 18.2 Å². The first-order valence-electron chi connectivity index (χ1n) is 11.4. The lowest BCUT2D eigenvalue weighted by Crippen LogP contribution is -2.38. The highest BCUT2D eigenvalue weighted by molar-refractivity contribution is 5.77. The van der Waals surface area contributed by atoms with Crippen molar-refractivity contribution in [3.05, 3.63) is 23.8 Å². The van der Waals surface area contributed by atoms with Crippen LogP contribution < -0.4 is 15.2 Å². The molecule has 2 N–H and O–H groups in total. The summed E-state index contributed by atoms with van der Waals surface area (Å²) in [6.45, 7) is 10.3. The molecule has 35 heavy (non-hydrogen) atoms. The monoisotopic (exact) mass is 497 g/mol. The van der Waals surface area contributed by atoms with Gasteiger partial charge in [-0.1, -0.05) is 13.0 Å². The van der Waals surface area contributed by atoms with Crippen LogP contribution in [-0.2, 0) is 35.0 Å². The molecule has 11 nitrogen and oxygen atoms in total. The summed E-state index contributed by atoms with van der Waals surface area (Å²) in [6.07, 6.45) is -2.06. The standard InChI is InChI=1S/C24H35NO10/c1-7-24(5,6)21(27)32-14-15(4)33-20(26)17(25)12-16-10-11-18(34-22(28)30-8-2)19(13-16)35-23(29)31-9-3/h10-11,13,15,17H,7-9,12,14,25H2,1-6H3/t15-,17-/m0/s1. The summed E-state index contributed by atoms with van der Waals surface area (Å²) in [6, 6.07) is 3.23. The minimum Gasteiger partial charge on any atom is -0.461 e. The van der Waals surface area contributed by atoms with E-state index in [1.165, 1.54) is 18.2 Å². The van der Waals surface area contributed by atoms with Crippen molar-refractivity contribution < 1.29 is 47.6 Å². The molecule has 11 heteroatoms. The summed E-state index contributed by atoms with van der Waals surface area (Å²) in [5, 5.41) is 0. The lowest BCUT2D eigenvalue weighted by molar-refractivity contribution is -0.164. The second-order valence-corrected chi connectivity index (χ2v) is 8.25. The Morgan fingerprint density at radius 3 is 2.03 bits per heavy atom. The molecule has 0 unspecified atom stereocenters. The van der Waals surface area contributed by atoms with Crippen molar-refractivity contribution in [1.29, 1.82) is 0 Å². The van der Waals surface area contributed by atoms with E-state index in [9.17, 15) is 19.2 Å². The Kier molecular flexibility index (Phi) is 12.0.